The summed E-state index contributed by atoms with van der Waals surface area (Å²) in [4.78, 5) is 0. The van der Waals surface area contributed by atoms with Gasteiger partial charge in [-0.2, -0.15) is 5.10 Å². The van der Waals surface area contributed by atoms with E-state index in [9.17, 15) is 0 Å². The molecule has 1 aromatic heterocycles. The molecule has 2 aliphatic heterocycles. The third-order valence-corrected chi connectivity index (χ3v) is 3.78. The molecule has 104 valence electrons. The van der Waals surface area contributed by atoms with Gasteiger partial charge in [0.15, 0.2) is 0 Å². The molecule has 3 heterocycles. The van der Waals surface area contributed by atoms with E-state index in [1.165, 1.54) is 0 Å². The van der Waals surface area contributed by atoms with E-state index in [0.29, 0.717) is 12.6 Å². The van der Waals surface area contributed by atoms with Gasteiger partial charge < -0.3 is 9.31 Å². The quantitative estimate of drug-likeness (QED) is 0.597. The summed E-state index contributed by atoms with van der Waals surface area (Å²) in [6, 6.07) is 0.433. The summed E-state index contributed by atoms with van der Waals surface area (Å²) in [7, 11) is -0.279. The van der Waals surface area contributed by atoms with Gasteiger partial charge in [-0.3, -0.25) is 10.5 Å². The first-order valence-electron chi connectivity index (χ1n) is 6.87. The maximum Gasteiger partial charge on any atom is 0.497 e. The summed E-state index contributed by atoms with van der Waals surface area (Å²) in [6.07, 6.45) is 5.97. The van der Waals surface area contributed by atoms with E-state index in [1.807, 2.05) is 35.9 Å². The Morgan fingerprint density at radius 2 is 2.16 bits per heavy atom. The van der Waals surface area contributed by atoms with E-state index in [1.54, 1.807) is 0 Å². The van der Waals surface area contributed by atoms with Gasteiger partial charge >= 0.3 is 7.12 Å². The highest BCUT2D eigenvalue weighted by molar-refractivity contribution is 6.61. The lowest BCUT2D eigenvalue weighted by molar-refractivity contribution is 0.137. The molecule has 7 heteroatoms. The highest BCUT2D eigenvalue weighted by Crippen LogP contribution is 2.21. The van der Waals surface area contributed by atoms with E-state index in [2.05, 4.69) is 5.10 Å². The number of aromatic nitrogens is 2. The van der Waals surface area contributed by atoms with Gasteiger partial charge in [-0.15, -0.1) is 0 Å². The Hall–Kier alpha value is -0.885. The Morgan fingerprint density at radius 1 is 1.42 bits per heavy atom. The van der Waals surface area contributed by atoms with Crippen LogP contribution in [0.5, 0.6) is 0 Å². The van der Waals surface area contributed by atoms with Crippen molar-refractivity contribution in [2.45, 2.75) is 38.3 Å². The van der Waals surface area contributed by atoms with Crippen LogP contribution in [0.4, 0.5) is 0 Å². The topological polar surface area (TPSA) is 65.5 Å². The van der Waals surface area contributed by atoms with Crippen molar-refractivity contribution in [1.82, 2.24) is 14.8 Å². The molecule has 0 spiro atoms. The molecule has 2 fully saturated rings. The highest BCUT2D eigenvalue weighted by atomic mass is 16.7. The molecular formula is C12H21BN4O2. The highest BCUT2D eigenvalue weighted by Gasteiger charge is 2.39. The number of hydrogen-bond donors (Lipinski definition) is 1. The summed E-state index contributed by atoms with van der Waals surface area (Å²) >= 11 is 0. The van der Waals surface area contributed by atoms with E-state index in [0.717, 1.165) is 31.4 Å². The molecule has 3 rings (SSSR count). The molecule has 0 aliphatic carbocycles. The third-order valence-electron chi connectivity index (χ3n) is 3.78. The monoisotopic (exact) mass is 264 g/mol. The minimum absolute atomic E-state index is 0.211. The fourth-order valence-corrected chi connectivity index (χ4v) is 2.62. The molecule has 2 N–H and O–H groups in total. The van der Waals surface area contributed by atoms with Crippen molar-refractivity contribution in [3.63, 3.8) is 0 Å². The minimum Gasteiger partial charge on any atom is -0.404 e. The normalized spacial score (nSPS) is 25.1. The zero-order chi connectivity index (χ0) is 13.5. The first-order chi connectivity index (χ1) is 9.03. The van der Waals surface area contributed by atoms with Crippen molar-refractivity contribution in [2.24, 2.45) is 5.84 Å². The van der Waals surface area contributed by atoms with Gasteiger partial charge in [0.25, 0.3) is 0 Å². The molecule has 0 atom stereocenters. The smallest absolute Gasteiger partial charge is 0.404 e. The zero-order valence-corrected chi connectivity index (χ0v) is 11.6. The summed E-state index contributed by atoms with van der Waals surface area (Å²) in [6.45, 7) is 6.53. The maximum atomic E-state index is 5.85. The van der Waals surface area contributed by atoms with Crippen molar-refractivity contribution >= 4 is 12.6 Å². The standard InChI is InChI=1S/C12H21BN4O2/c1-12(2)9-18-13(19-12)10-7-15-17(8-10)11-3-5-16(14)6-4-11/h7-8,11H,3-6,9,14H2,1-2H3. The largest absolute Gasteiger partial charge is 0.497 e. The van der Waals surface area contributed by atoms with Crippen LogP contribution in [-0.4, -0.2) is 47.2 Å². The number of piperidine rings is 1. The van der Waals surface area contributed by atoms with E-state index in [-0.39, 0.29) is 12.7 Å². The summed E-state index contributed by atoms with van der Waals surface area (Å²) < 4.78 is 13.5. The van der Waals surface area contributed by atoms with Crippen LogP contribution in [0.15, 0.2) is 12.4 Å². The number of nitrogens with zero attached hydrogens (tertiary/aromatic N) is 3. The van der Waals surface area contributed by atoms with Gasteiger partial charge in [0.2, 0.25) is 0 Å². The Morgan fingerprint density at radius 3 is 2.79 bits per heavy atom. The van der Waals surface area contributed by atoms with Crippen molar-refractivity contribution in [3.8, 4) is 0 Å². The molecular weight excluding hydrogens is 243 g/mol. The van der Waals surface area contributed by atoms with Crippen molar-refractivity contribution in [2.75, 3.05) is 19.7 Å². The van der Waals surface area contributed by atoms with Gasteiger partial charge in [-0.25, -0.2) is 5.01 Å². The first-order valence-corrected chi connectivity index (χ1v) is 6.87. The molecule has 0 amide bonds. The number of rotatable bonds is 2. The van der Waals surface area contributed by atoms with E-state index >= 15 is 0 Å². The molecule has 0 unspecified atom stereocenters. The Balaban J connectivity index is 1.67. The first kappa shape index (κ1) is 13.1. The lowest BCUT2D eigenvalue weighted by Gasteiger charge is -2.28. The number of hydrazine groups is 1. The third kappa shape index (κ3) is 2.84. The second-order valence-electron chi connectivity index (χ2n) is 6.04. The SMILES string of the molecule is CC1(C)COB(c2cnn(C3CCN(N)CC3)c2)O1. The van der Waals surface area contributed by atoms with Crippen molar-refractivity contribution < 1.29 is 9.31 Å². The minimum atomic E-state index is -0.279. The van der Waals surface area contributed by atoms with Crippen LogP contribution in [0.3, 0.4) is 0 Å². The summed E-state index contributed by atoms with van der Waals surface area (Å²) in [5.74, 6) is 5.77. The Labute approximate surface area is 114 Å². The average molecular weight is 264 g/mol. The lowest BCUT2D eigenvalue weighted by atomic mass is 9.82. The molecule has 2 aliphatic rings. The Kier molecular flexibility index (Phi) is 3.38. The van der Waals surface area contributed by atoms with Crippen LogP contribution in [0.25, 0.3) is 0 Å². The predicted molar refractivity (Wildman–Crippen MR) is 72.8 cm³/mol. The van der Waals surface area contributed by atoms with E-state index < -0.39 is 0 Å². The predicted octanol–water partition coefficient (Wildman–Crippen LogP) is -0.0857. The maximum absolute atomic E-state index is 5.85. The number of hydrogen-bond acceptors (Lipinski definition) is 5. The molecule has 0 radical (unpaired) electrons. The molecule has 0 bridgehead atoms. The van der Waals surface area contributed by atoms with Gasteiger partial charge in [0.1, 0.15) is 0 Å². The van der Waals surface area contributed by atoms with Gasteiger partial charge in [-0.1, -0.05) is 0 Å². The van der Waals surface area contributed by atoms with Crippen LogP contribution in [0.1, 0.15) is 32.7 Å². The molecule has 0 saturated carbocycles. The fraction of sp³-hybridized carbons (Fsp3) is 0.750. The van der Waals surface area contributed by atoms with Crippen LogP contribution < -0.4 is 11.3 Å². The zero-order valence-electron chi connectivity index (χ0n) is 11.6. The average Bonchev–Trinajstić information content (AvgIpc) is 2.96. The van der Waals surface area contributed by atoms with Crippen LogP contribution >= 0.6 is 0 Å². The number of nitrogens with two attached hydrogens (primary N) is 1. The summed E-state index contributed by atoms with van der Waals surface area (Å²) in [5.41, 5.74) is 0.790. The molecule has 19 heavy (non-hydrogen) atoms. The van der Waals surface area contributed by atoms with Crippen LogP contribution in [0, 0.1) is 0 Å². The van der Waals surface area contributed by atoms with Gasteiger partial charge in [0, 0.05) is 30.9 Å². The van der Waals surface area contributed by atoms with Gasteiger partial charge in [-0.05, 0) is 26.7 Å². The fourth-order valence-electron chi connectivity index (χ4n) is 2.62. The van der Waals surface area contributed by atoms with Crippen molar-refractivity contribution in [1.29, 1.82) is 0 Å². The van der Waals surface area contributed by atoms with Crippen molar-refractivity contribution in [3.05, 3.63) is 12.4 Å². The second kappa shape index (κ2) is 4.90. The second-order valence-corrected chi connectivity index (χ2v) is 6.04. The molecule has 0 aromatic carbocycles. The van der Waals surface area contributed by atoms with Crippen LogP contribution in [-0.2, 0) is 9.31 Å². The molecule has 1 aromatic rings. The lowest BCUT2D eigenvalue weighted by Crippen LogP contribution is -2.39. The van der Waals surface area contributed by atoms with E-state index in [4.69, 9.17) is 15.2 Å². The van der Waals surface area contributed by atoms with Crippen LogP contribution in [0.2, 0.25) is 0 Å². The van der Waals surface area contributed by atoms with Gasteiger partial charge in [0.05, 0.1) is 18.2 Å². The molecule has 2 saturated heterocycles. The Bertz CT molecular complexity index is 443. The molecule has 6 nitrogen and oxygen atoms in total. The summed E-state index contributed by atoms with van der Waals surface area (Å²) in [5, 5.41) is 6.32.